The van der Waals surface area contributed by atoms with Crippen LogP contribution < -0.4 is 10.9 Å². The highest BCUT2D eigenvalue weighted by Crippen LogP contribution is 2.24. The van der Waals surface area contributed by atoms with Gasteiger partial charge in [-0.05, 0) is 68.4 Å². The Morgan fingerprint density at radius 1 is 1.07 bits per heavy atom. The van der Waals surface area contributed by atoms with Gasteiger partial charge in [0.2, 0.25) is 0 Å². The predicted molar refractivity (Wildman–Crippen MR) is 113 cm³/mol. The molecule has 0 radical (unpaired) electrons. The highest BCUT2D eigenvalue weighted by Gasteiger charge is 2.26. The molecule has 5 nitrogen and oxygen atoms in total. The van der Waals surface area contributed by atoms with E-state index in [9.17, 15) is 9.59 Å². The molecule has 2 aromatic carbocycles. The molecule has 0 spiro atoms. The minimum absolute atomic E-state index is 0.161. The Hall–Kier alpha value is -2.02. The van der Waals surface area contributed by atoms with Crippen molar-refractivity contribution in [3.63, 3.8) is 0 Å². The fourth-order valence-electron chi connectivity index (χ4n) is 3.13. The second kappa shape index (κ2) is 9.96. The summed E-state index contributed by atoms with van der Waals surface area (Å²) in [5.74, 6) is 0.323. The molecule has 3 rings (SSSR count). The molecule has 1 unspecified atom stereocenters. The quantitative estimate of drug-likeness (QED) is 0.572. The molecule has 1 fully saturated rings. The Morgan fingerprint density at radius 3 is 2.46 bits per heavy atom. The van der Waals surface area contributed by atoms with Crippen LogP contribution in [0.4, 0.5) is 0 Å². The number of amides is 2. The van der Waals surface area contributed by atoms with Crippen LogP contribution in [-0.4, -0.2) is 36.3 Å². The monoisotopic (exact) mass is 417 g/mol. The van der Waals surface area contributed by atoms with Crippen molar-refractivity contribution in [1.82, 2.24) is 15.8 Å². The molecule has 7 heteroatoms. The minimum atomic E-state index is -0.316. The molecule has 0 aromatic heterocycles. The number of benzene rings is 2. The highest BCUT2D eigenvalue weighted by atomic mass is 35.5. The van der Waals surface area contributed by atoms with Gasteiger partial charge < -0.3 is 0 Å². The fourth-order valence-corrected chi connectivity index (χ4v) is 4.11. The molecule has 0 aliphatic carbocycles. The Morgan fingerprint density at radius 2 is 1.79 bits per heavy atom. The van der Waals surface area contributed by atoms with Gasteiger partial charge in [0.25, 0.3) is 11.8 Å². The summed E-state index contributed by atoms with van der Waals surface area (Å²) in [5, 5.41) is 0.724. The fraction of sp³-hybridized carbons (Fsp3) is 0.333. The summed E-state index contributed by atoms with van der Waals surface area (Å²) in [5.41, 5.74) is 6.69. The number of hydrazine groups is 1. The summed E-state index contributed by atoms with van der Waals surface area (Å²) in [6, 6.07) is 14.9. The molecule has 1 atom stereocenters. The van der Waals surface area contributed by atoms with Gasteiger partial charge in [0.05, 0.1) is 6.04 Å². The maximum Gasteiger partial charge on any atom is 0.269 e. The molecule has 28 heavy (non-hydrogen) atoms. The van der Waals surface area contributed by atoms with Crippen LogP contribution in [-0.2, 0) is 10.5 Å². The van der Waals surface area contributed by atoms with Crippen LogP contribution in [0.3, 0.4) is 0 Å². The number of nitrogens with one attached hydrogen (secondary N) is 2. The minimum Gasteiger partial charge on any atom is -0.295 e. The lowest BCUT2D eigenvalue weighted by atomic mass is 10.0. The van der Waals surface area contributed by atoms with Crippen molar-refractivity contribution in [3.8, 4) is 0 Å². The van der Waals surface area contributed by atoms with Crippen LogP contribution in [0.5, 0.6) is 0 Å². The van der Waals surface area contributed by atoms with Gasteiger partial charge in [0.15, 0.2) is 0 Å². The zero-order chi connectivity index (χ0) is 19.9. The van der Waals surface area contributed by atoms with Crippen molar-refractivity contribution in [1.29, 1.82) is 0 Å². The first-order valence-electron chi connectivity index (χ1n) is 9.30. The number of thioether (sulfide) groups is 1. The van der Waals surface area contributed by atoms with Gasteiger partial charge in [-0.25, -0.2) is 0 Å². The number of likely N-dealkylation sites (N-methyl/N-ethyl adjacent to an activating group) is 1. The van der Waals surface area contributed by atoms with Gasteiger partial charge in [-0.1, -0.05) is 30.2 Å². The number of carbonyl (C=O) groups is 2. The van der Waals surface area contributed by atoms with Crippen LogP contribution in [0.1, 0.15) is 35.2 Å². The second-order valence-electron chi connectivity index (χ2n) is 6.88. The third-order valence-corrected chi connectivity index (χ3v) is 6.14. The Bertz CT molecular complexity index is 811. The zero-order valence-corrected chi connectivity index (χ0v) is 17.4. The molecule has 1 aliphatic heterocycles. The number of piperidine rings is 1. The van der Waals surface area contributed by atoms with Crippen LogP contribution in [0.25, 0.3) is 0 Å². The third kappa shape index (κ3) is 5.74. The summed E-state index contributed by atoms with van der Waals surface area (Å²) < 4.78 is 0. The van der Waals surface area contributed by atoms with Crippen molar-refractivity contribution in [3.05, 3.63) is 64.7 Å². The first-order valence-corrected chi connectivity index (χ1v) is 10.7. The van der Waals surface area contributed by atoms with E-state index < -0.39 is 0 Å². The highest BCUT2D eigenvalue weighted by molar-refractivity contribution is 7.98. The smallest absolute Gasteiger partial charge is 0.269 e. The molecule has 0 saturated carbocycles. The van der Waals surface area contributed by atoms with E-state index in [-0.39, 0.29) is 17.9 Å². The second-order valence-corrected chi connectivity index (χ2v) is 8.36. The molecular weight excluding hydrogens is 394 g/mol. The van der Waals surface area contributed by atoms with E-state index in [0.29, 0.717) is 5.56 Å². The van der Waals surface area contributed by atoms with Crippen molar-refractivity contribution in [2.24, 2.45) is 0 Å². The maximum atomic E-state index is 12.3. The zero-order valence-electron chi connectivity index (χ0n) is 15.8. The Labute approximate surface area is 174 Å². The van der Waals surface area contributed by atoms with Crippen molar-refractivity contribution >= 4 is 35.2 Å². The standard InChI is InChI=1S/C21H24ClN3O2S/c1-25-13-3-2-4-19(25)21(27)24-23-20(26)16-7-5-15(6-8-16)14-28-18-11-9-17(22)10-12-18/h5-12,19H,2-4,13-14H2,1H3,(H,23,26)(H,24,27). The molecule has 1 aliphatic rings. The van der Waals surface area contributed by atoms with E-state index in [4.69, 9.17) is 11.6 Å². The van der Waals surface area contributed by atoms with E-state index >= 15 is 0 Å². The summed E-state index contributed by atoms with van der Waals surface area (Å²) >= 11 is 7.60. The average Bonchev–Trinajstić information content (AvgIpc) is 2.72. The van der Waals surface area contributed by atoms with E-state index in [2.05, 4.69) is 10.9 Å². The number of likely N-dealkylation sites (tertiary alicyclic amines) is 1. The molecular formula is C21H24ClN3O2S. The van der Waals surface area contributed by atoms with Crippen LogP contribution in [0.15, 0.2) is 53.4 Å². The van der Waals surface area contributed by atoms with Crippen molar-refractivity contribution < 1.29 is 9.59 Å². The molecule has 2 N–H and O–H groups in total. The lowest BCUT2D eigenvalue weighted by Gasteiger charge is -2.31. The van der Waals surface area contributed by atoms with E-state index in [1.807, 2.05) is 48.3 Å². The SMILES string of the molecule is CN1CCCCC1C(=O)NNC(=O)c1ccc(CSc2ccc(Cl)cc2)cc1. The number of carbonyl (C=O) groups excluding carboxylic acids is 2. The van der Waals surface area contributed by atoms with Crippen molar-refractivity contribution in [2.75, 3.05) is 13.6 Å². The number of rotatable bonds is 5. The van der Waals surface area contributed by atoms with Gasteiger partial charge in [0.1, 0.15) is 0 Å². The number of hydrogen-bond donors (Lipinski definition) is 2. The molecule has 2 amide bonds. The lowest BCUT2D eigenvalue weighted by molar-refractivity contribution is -0.127. The largest absolute Gasteiger partial charge is 0.295 e. The summed E-state index contributed by atoms with van der Waals surface area (Å²) in [6.45, 7) is 0.904. The number of halogens is 1. The lowest BCUT2D eigenvalue weighted by Crippen LogP contribution is -2.52. The van der Waals surface area contributed by atoms with E-state index in [1.54, 1.807) is 23.9 Å². The molecule has 148 valence electrons. The topological polar surface area (TPSA) is 61.4 Å². The predicted octanol–water partition coefficient (Wildman–Crippen LogP) is 3.88. The van der Waals surface area contributed by atoms with Crippen LogP contribution >= 0.6 is 23.4 Å². The van der Waals surface area contributed by atoms with Gasteiger partial charge >= 0.3 is 0 Å². The summed E-state index contributed by atoms with van der Waals surface area (Å²) in [4.78, 5) is 27.7. The van der Waals surface area contributed by atoms with E-state index in [0.717, 1.165) is 47.0 Å². The normalized spacial score (nSPS) is 17.1. The van der Waals surface area contributed by atoms with Crippen molar-refractivity contribution in [2.45, 2.75) is 36.0 Å². The molecule has 0 bridgehead atoms. The van der Waals surface area contributed by atoms with E-state index in [1.165, 1.54) is 0 Å². The van der Waals surface area contributed by atoms with Crippen LogP contribution in [0, 0.1) is 0 Å². The third-order valence-electron chi connectivity index (χ3n) is 4.81. The number of hydrogen-bond acceptors (Lipinski definition) is 4. The van der Waals surface area contributed by atoms with Gasteiger partial charge in [-0.3, -0.25) is 25.3 Å². The molecule has 2 aromatic rings. The van der Waals surface area contributed by atoms with Gasteiger partial charge in [0, 0.05) is 21.2 Å². The Balaban J connectivity index is 1.47. The summed E-state index contributed by atoms with van der Waals surface area (Å²) in [6.07, 6.45) is 2.96. The molecule has 1 heterocycles. The number of nitrogens with zero attached hydrogens (tertiary/aromatic N) is 1. The first kappa shape index (κ1) is 20.7. The first-order chi connectivity index (χ1) is 13.5. The summed E-state index contributed by atoms with van der Waals surface area (Å²) in [7, 11) is 1.94. The average molecular weight is 418 g/mol. The van der Waals surface area contributed by atoms with Gasteiger partial charge in [-0.2, -0.15) is 0 Å². The maximum absolute atomic E-state index is 12.3. The van der Waals surface area contributed by atoms with Gasteiger partial charge in [-0.15, -0.1) is 11.8 Å². The Kier molecular flexibility index (Phi) is 7.36. The molecule has 1 saturated heterocycles. The van der Waals surface area contributed by atoms with Crippen LogP contribution in [0.2, 0.25) is 5.02 Å².